The summed E-state index contributed by atoms with van der Waals surface area (Å²) >= 11 is 12.4. The Morgan fingerprint density at radius 1 is 0.630 bits per heavy atom. The summed E-state index contributed by atoms with van der Waals surface area (Å²) in [5.74, 6) is -1.55. The Morgan fingerprint density at radius 2 is 1.04 bits per heavy atom. The van der Waals surface area contributed by atoms with Crippen molar-refractivity contribution in [2.75, 3.05) is 6.61 Å². The van der Waals surface area contributed by atoms with E-state index in [0.29, 0.717) is 66.1 Å². The fourth-order valence-corrected chi connectivity index (χ4v) is 7.35. The summed E-state index contributed by atoms with van der Waals surface area (Å²) in [6.07, 6.45) is -0.652. The second-order valence-electron chi connectivity index (χ2n) is 12.8. The average molecular weight is 762 g/mol. The molecule has 0 bridgehead atoms. The van der Waals surface area contributed by atoms with Crippen molar-refractivity contribution in [1.29, 1.82) is 0 Å². The fraction of sp³-hybridized carbons (Fsp3) is 0.146. The Kier molecular flexibility index (Phi) is 9.82. The third-order valence-electron chi connectivity index (χ3n) is 9.64. The lowest BCUT2D eigenvalue weighted by Crippen LogP contribution is -2.33. The maximum absolute atomic E-state index is 12.8. The van der Waals surface area contributed by atoms with Crippen LogP contribution in [-0.4, -0.2) is 66.5 Å². The molecule has 4 aromatic carbocycles. The van der Waals surface area contributed by atoms with Crippen molar-refractivity contribution in [1.82, 2.24) is 19.8 Å². The molecule has 11 nitrogen and oxygen atoms in total. The van der Waals surface area contributed by atoms with Crippen molar-refractivity contribution in [2.24, 2.45) is 0 Å². The Bertz CT molecular complexity index is 2490. The monoisotopic (exact) mass is 760 g/mol. The van der Waals surface area contributed by atoms with E-state index in [9.17, 15) is 34.2 Å². The first-order chi connectivity index (χ1) is 26.0. The van der Waals surface area contributed by atoms with E-state index < -0.39 is 36.6 Å². The third kappa shape index (κ3) is 6.10. The van der Waals surface area contributed by atoms with Gasteiger partial charge >= 0.3 is 0 Å². The Balaban J connectivity index is 0.000000167. The minimum absolute atomic E-state index is 0.162. The number of carbonyl (C=O) groups is 5. The van der Waals surface area contributed by atoms with Crippen LogP contribution in [0, 0.1) is 0 Å². The molecule has 54 heavy (non-hydrogen) atoms. The van der Waals surface area contributed by atoms with E-state index in [-0.39, 0.29) is 23.2 Å². The second kappa shape index (κ2) is 14.5. The lowest BCUT2D eigenvalue weighted by Gasteiger charge is -2.26. The van der Waals surface area contributed by atoms with Crippen LogP contribution < -0.4 is 0 Å². The number of aliphatic hydroxyl groups excluding tert-OH is 2. The molecule has 6 aromatic rings. The van der Waals surface area contributed by atoms with Gasteiger partial charge in [0.15, 0.2) is 6.29 Å². The number of aldehydes is 1. The van der Waals surface area contributed by atoms with E-state index >= 15 is 0 Å². The molecule has 8 rings (SSSR count). The number of benzene rings is 4. The molecule has 1 unspecified atom stereocenters. The van der Waals surface area contributed by atoms with Gasteiger partial charge in [-0.2, -0.15) is 0 Å². The zero-order valence-electron chi connectivity index (χ0n) is 28.7. The summed E-state index contributed by atoms with van der Waals surface area (Å²) in [6.45, 7) is 2.86. The maximum Gasteiger partial charge on any atom is 0.262 e. The highest BCUT2D eigenvalue weighted by atomic mass is 35.5. The van der Waals surface area contributed by atoms with E-state index in [1.54, 1.807) is 98.8 Å². The number of amides is 4. The molecule has 3 atom stereocenters. The van der Waals surface area contributed by atoms with Gasteiger partial charge in [0, 0.05) is 16.3 Å². The SMILES string of the molecule is C[C@@H](c1cc2cccc(Cl)c2nc1C(O)CO)N1C(=O)c2ccccc2C1=O.C[C@@H](c1cc2cccc(Cl)c2nc1C=O)N1C(=O)c2ccccc2C1=O. The highest BCUT2D eigenvalue weighted by Gasteiger charge is 2.41. The van der Waals surface area contributed by atoms with Crippen LogP contribution in [0.25, 0.3) is 21.8 Å². The molecule has 0 spiro atoms. The molecular formula is C41H30Cl2N4O7. The Hall–Kier alpha value is -5.85. The predicted octanol–water partition coefficient (Wildman–Crippen LogP) is 7.33. The number of para-hydroxylation sites is 2. The van der Waals surface area contributed by atoms with E-state index in [1.165, 1.54) is 4.90 Å². The number of rotatable bonds is 7. The lowest BCUT2D eigenvalue weighted by molar-refractivity contribution is 0.0573. The van der Waals surface area contributed by atoms with Crippen LogP contribution in [0.5, 0.6) is 0 Å². The quantitative estimate of drug-likeness (QED) is 0.126. The van der Waals surface area contributed by atoms with E-state index in [1.807, 2.05) is 12.1 Å². The van der Waals surface area contributed by atoms with Gasteiger partial charge in [0.1, 0.15) is 11.8 Å². The number of nitrogens with zero attached hydrogens (tertiary/aromatic N) is 4. The van der Waals surface area contributed by atoms with Gasteiger partial charge in [-0.15, -0.1) is 0 Å². The number of imide groups is 2. The third-order valence-corrected chi connectivity index (χ3v) is 10.2. The molecule has 0 fully saturated rings. The van der Waals surface area contributed by atoms with Crippen LogP contribution >= 0.6 is 23.2 Å². The average Bonchev–Trinajstić information content (AvgIpc) is 3.60. The molecule has 2 aliphatic heterocycles. The largest absolute Gasteiger partial charge is 0.393 e. The Labute approximate surface area is 318 Å². The van der Waals surface area contributed by atoms with Gasteiger partial charge in [-0.1, -0.05) is 71.7 Å². The highest BCUT2D eigenvalue weighted by Crippen LogP contribution is 2.37. The first-order valence-corrected chi connectivity index (χ1v) is 17.6. The normalized spacial score (nSPS) is 15.2. The summed E-state index contributed by atoms with van der Waals surface area (Å²) in [6, 6.07) is 26.0. The molecular weight excluding hydrogens is 731 g/mol. The summed E-state index contributed by atoms with van der Waals surface area (Å²) < 4.78 is 0. The van der Waals surface area contributed by atoms with Crippen molar-refractivity contribution in [3.05, 3.63) is 152 Å². The zero-order chi connectivity index (χ0) is 38.4. The topological polar surface area (TPSA) is 158 Å². The van der Waals surface area contributed by atoms with Crippen LogP contribution in [0.15, 0.2) is 97.1 Å². The van der Waals surface area contributed by atoms with Gasteiger partial charge in [-0.05, 0) is 67.9 Å². The van der Waals surface area contributed by atoms with Crippen molar-refractivity contribution in [3.8, 4) is 0 Å². The lowest BCUT2D eigenvalue weighted by atomic mass is 9.99. The molecule has 13 heteroatoms. The molecule has 0 radical (unpaired) electrons. The van der Waals surface area contributed by atoms with Crippen molar-refractivity contribution < 1.29 is 34.2 Å². The van der Waals surface area contributed by atoms with Gasteiger partial charge in [0.25, 0.3) is 23.6 Å². The van der Waals surface area contributed by atoms with E-state index in [0.717, 1.165) is 10.3 Å². The van der Waals surface area contributed by atoms with Crippen LogP contribution in [0.4, 0.5) is 0 Å². The maximum atomic E-state index is 12.8. The summed E-state index contributed by atoms with van der Waals surface area (Å²) in [7, 11) is 0. The second-order valence-corrected chi connectivity index (χ2v) is 13.6. The number of pyridine rings is 2. The number of hydrogen-bond donors (Lipinski definition) is 2. The van der Waals surface area contributed by atoms with Gasteiger partial charge in [0.05, 0.1) is 67.7 Å². The molecule has 0 saturated carbocycles. The standard InChI is InChI=1S/C21H17ClN2O4.C20H13ClN2O3/c1-11(24-20(27)13-6-2-3-7-14(13)21(24)28)15-9-12-5-4-8-16(22)18(12)23-19(15)17(26)10-25;1-11(23-19(25)13-6-2-3-7-14(13)20(23)26)15-9-12-5-4-8-16(21)18(12)22-17(15)10-24/h2-9,11,17,25-26H,10H2,1H3;2-11H,1H3/t11-,17?;11-/m00/s1. The number of fused-ring (bicyclic) bond motifs is 4. The van der Waals surface area contributed by atoms with Crippen molar-refractivity contribution in [3.63, 3.8) is 0 Å². The minimum atomic E-state index is -1.27. The molecule has 2 aromatic heterocycles. The molecule has 0 aliphatic carbocycles. The number of aliphatic hydroxyl groups is 2. The van der Waals surface area contributed by atoms with Crippen LogP contribution in [0.1, 0.15) is 101 Å². The minimum Gasteiger partial charge on any atom is -0.393 e. The molecule has 4 amide bonds. The summed E-state index contributed by atoms with van der Waals surface area (Å²) in [4.78, 5) is 73.8. The Morgan fingerprint density at radius 3 is 1.46 bits per heavy atom. The predicted molar refractivity (Wildman–Crippen MR) is 202 cm³/mol. The fourth-order valence-electron chi connectivity index (χ4n) is 6.90. The van der Waals surface area contributed by atoms with Gasteiger partial charge in [0.2, 0.25) is 0 Å². The van der Waals surface area contributed by atoms with Crippen LogP contribution in [0.2, 0.25) is 10.0 Å². The number of aromatic nitrogens is 2. The van der Waals surface area contributed by atoms with Gasteiger partial charge < -0.3 is 10.2 Å². The molecule has 4 heterocycles. The number of hydrogen-bond acceptors (Lipinski definition) is 9. The number of halogens is 2. The first kappa shape index (κ1) is 36.5. The summed E-state index contributed by atoms with van der Waals surface area (Å²) in [5.41, 5.74) is 3.75. The van der Waals surface area contributed by atoms with Crippen molar-refractivity contribution in [2.45, 2.75) is 32.0 Å². The number of carbonyl (C=O) groups excluding carboxylic acids is 5. The van der Waals surface area contributed by atoms with E-state index in [4.69, 9.17) is 23.2 Å². The zero-order valence-corrected chi connectivity index (χ0v) is 30.2. The van der Waals surface area contributed by atoms with Crippen molar-refractivity contribution >= 4 is 74.9 Å². The van der Waals surface area contributed by atoms with Gasteiger partial charge in [-0.25, -0.2) is 9.97 Å². The van der Waals surface area contributed by atoms with Crippen LogP contribution in [0.3, 0.4) is 0 Å². The molecule has 2 N–H and O–H groups in total. The van der Waals surface area contributed by atoms with Gasteiger partial charge in [-0.3, -0.25) is 33.8 Å². The molecule has 0 saturated heterocycles. The highest BCUT2D eigenvalue weighted by molar-refractivity contribution is 6.35. The first-order valence-electron chi connectivity index (χ1n) is 16.8. The summed E-state index contributed by atoms with van der Waals surface area (Å²) in [5, 5.41) is 22.1. The molecule has 2 aliphatic rings. The van der Waals surface area contributed by atoms with E-state index in [2.05, 4.69) is 9.97 Å². The smallest absolute Gasteiger partial charge is 0.262 e. The molecule has 270 valence electrons. The van der Waals surface area contributed by atoms with Crippen LogP contribution in [-0.2, 0) is 0 Å².